The highest BCUT2D eigenvalue weighted by Crippen LogP contribution is 2.23. The van der Waals surface area contributed by atoms with Crippen LogP contribution in [0.15, 0.2) is 0 Å². The van der Waals surface area contributed by atoms with Gasteiger partial charge in [-0.2, -0.15) is 5.06 Å². The van der Waals surface area contributed by atoms with E-state index < -0.39 is 0 Å². The first-order valence-corrected chi connectivity index (χ1v) is 7.53. The van der Waals surface area contributed by atoms with E-state index in [2.05, 4.69) is 17.3 Å². The van der Waals surface area contributed by atoms with E-state index in [9.17, 15) is 0 Å². The third kappa shape index (κ3) is 4.23. The molecule has 2 rings (SSSR count). The smallest absolute Gasteiger partial charge is 0.0657 e. The maximum atomic E-state index is 5.78. The minimum absolute atomic E-state index is 0.681. The van der Waals surface area contributed by atoms with Crippen LogP contribution in [0, 0.1) is 0 Å². The van der Waals surface area contributed by atoms with Gasteiger partial charge < -0.3 is 5.32 Å². The van der Waals surface area contributed by atoms with Crippen molar-refractivity contribution in [3.05, 3.63) is 0 Å². The second kappa shape index (κ2) is 7.34. The monoisotopic (exact) mass is 240 g/mol. The highest BCUT2D eigenvalue weighted by atomic mass is 16.7. The number of hydrogen-bond donors (Lipinski definition) is 1. The van der Waals surface area contributed by atoms with Crippen LogP contribution in [0.1, 0.15) is 58.3 Å². The molecule has 0 aromatic heterocycles. The molecule has 0 atom stereocenters. The molecule has 0 heterocycles. The van der Waals surface area contributed by atoms with Gasteiger partial charge in [0.25, 0.3) is 0 Å². The first-order chi connectivity index (χ1) is 8.40. The van der Waals surface area contributed by atoms with Crippen LogP contribution >= 0.6 is 0 Å². The van der Waals surface area contributed by atoms with Gasteiger partial charge in [0.2, 0.25) is 0 Å². The van der Waals surface area contributed by atoms with Gasteiger partial charge in [-0.1, -0.05) is 25.7 Å². The molecule has 3 nitrogen and oxygen atoms in total. The average Bonchev–Trinajstić information content (AvgIpc) is 3.01. The van der Waals surface area contributed by atoms with Gasteiger partial charge in [0.1, 0.15) is 0 Å². The van der Waals surface area contributed by atoms with Crippen molar-refractivity contribution in [2.24, 2.45) is 0 Å². The van der Waals surface area contributed by atoms with Gasteiger partial charge >= 0.3 is 0 Å². The van der Waals surface area contributed by atoms with Crippen LogP contribution in [0.4, 0.5) is 0 Å². The SMILES string of the molecule is CCON(CCNC1CCCC1)C1CCCC1. The van der Waals surface area contributed by atoms with Crippen molar-refractivity contribution in [2.75, 3.05) is 19.7 Å². The molecule has 2 aliphatic rings. The highest BCUT2D eigenvalue weighted by molar-refractivity contribution is 4.76. The zero-order valence-electron chi connectivity index (χ0n) is 11.3. The van der Waals surface area contributed by atoms with Gasteiger partial charge in [0.05, 0.1) is 6.61 Å². The van der Waals surface area contributed by atoms with Crippen molar-refractivity contribution in [1.29, 1.82) is 0 Å². The van der Waals surface area contributed by atoms with E-state index in [0.29, 0.717) is 6.04 Å². The zero-order chi connectivity index (χ0) is 11.9. The molecule has 1 N–H and O–H groups in total. The van der Waals surface area contributed by atoms with E-state index in [1.54, 1.807) is 0 Å². The fourth-order valence-electron chi connectivity index (χ4n) is 3.22. The van der Waals surface area contributed by atoms with E-state index in [-0.39, 0.29) is 0 Å². The minimum Gasteiger partial charge on any atom is -0.313 e. The predicted octanol–water partition coefficient (Wildman–Crippen LogP) is 2.71. The molecule has 0 amide bonds. The Labute approximate surface area is 106 Å². The highest BCUT2D eigenvalue weighted by Gasteiger charge is 2.23. The lowest BCUT2D eigenvalue weighted by Gasteiger charge is -2.28. The maximum Gasteiger partial charge on any atom is 0.0657 e. The summed E-state index contributed by atoms with van der Waals surface area (Å²) in [5, 5.41) is 5.92. The van der Waals surface area contributed by atoms with Crippen LogP contribution in [-0.2, 0) is 4.84 Å². The fraction of sp³-hybridized carbons (Fsp3) is 1.00. The largest absolute Gasteiger partial charge is 0.313 e. The van der Waals surface area contributed by atoms with Crippen molar-refractivity contribution in [2.45, 2.75) is 70.4 Å². The second-order valence-corrected chi connectivity index (χ2v) is 5.43. The molecule has 2 fully saturated rings. The van der Waals surface area contributed by atoms with Gasteiger partial charge in [-0.3, -0.25) is 4.84 Å². The Balaban J connectivity index is 1.65. The Kier molecular flexibility index (Phi) is 5.75. The van der Waals surface area contributed by atoms with Gasteiger partial charge in [0, 0.05) is 25.2 Å². The third-order valence-electron chi connectivity index (χ3n) is 4.15. The van der Waals surface area contributed by atoms with Gasteiger partial charge in [-0.05, 0) is 32.6 Å². The molecule has 0 bridgehead atoms. The molecule has 2 saturated carbocycles. The summed E-state index contributed by atoms with van der Waals surface area (Å²) in [4.78, 5) is 5.78. The standard InChI is InChI=1S/C14H28N2O/c1-2-17-16(14-9-5-6-10-14)12-11-15-13-7-3-4-8-13/h13-15H,2-12H2,1H3. The van der Waals surface area contributed by atoms with E-state index in [1.807, 2.05) is 0 Å². The number of hydroxylamine groups is 2. The summed E-state index contributed by atoms with van der Waals surface area (Å²) < 4.78 is 0. The molecule has 3 heteroatoms. The summed E-state index contributed by atoms with van der Waals surface area (Å²) in [6, 6.07) is 1.46. The molecule has 0 saturated heterocycles. The Morgan fingerprint density at radius 2 is 1.71 bits per heavy atom. The van der Waals surface area contributed by atoms with Crippen molar-refractivity contribution < 1.29 is 4.84 Å². The third-order valence-corrected chi connectivity index (χ3v) is 4.15. The topological polar surface area (TPSA) is 24.5 Å². The van der Waals surface area contributed by atoms with Crippen molar-refractivity contribution in [3.8, 4) is 0 Å². The lowest BCUT2D eigenvalue weighted by atomic mass is 10.2. The zero-order valence-corrected chi connectivity index (χ0v) is 11.3. The number of nitrogens with zero attached hydrogens (tertiary/aromatic N) is 1. The Morgan fingerprint density at radius 3 is 2.35 bits per heavy atom. The van der Waals surface area contributed by atoms with E-state index in [4.69, 9.17) is 4.84 Å². The summed E-state index contributed by atoms with van der Waals surface area (Å²) in [5.74, 6) is 0. The minimum atomic E-state index is 0.681. The normalized spacial score (nSPS) is 22.9. The average molecular weight is 240 g/mol. The van der Waals surface area contributed by atoms with Gasteiger partial charge in [-0.15, -0.1) is 0 Å². The first kappa shape index (κ1) is 13.3. The summed E-state index contributed by atoms with van der Waals surface area (Å²) in [5.41, 5.74) is 0. The van der Waals surface area contributed by atoms with Crippen LogP contribution in [0.2, 0.25) is 0 Å². The molecule has 2 aliphatic carbocycles. The Bertz CT molecular complexity index is 198. The molecule has 0 unspecified atom stereocenters. The fourth-order valence-corrected chi connectivity index (χ4v) is 3.22. The predicted molar refractivity (Wildman–Crippen MR) is 70.8 cm³/mol. The van der Waals surface area contributed by atoms with E-state index in [0.717, 1.165) is 25.7 Å². The summed E-state index contributed by atoms with van der Waals surface area (Å²) >= 11 is 0. The maximum absolute atomic E-state index is 5.78. The summed E-state index contributed by atoms with van der Waals surface area (Å²) in [6.45, 7) is 5.03. The Morgan fingerprint density at radius 1 is 1.06 bits per heavy atom. The van der Waals surface area contributed by atoms with E-state index in [1.165, 1.54) is 51.4 Å². The van der Waals surface area contributed by atoms with Crippen LogP contribution in [0.25, 0.3) is 0 Å². The van der Waals surface area contributed by atoms with Crippen LogP contribution in [-0.4, -0.2) is 36.8 Å². The number of nitrogens with one attached hydrogen (secondary N) is 1. The molecule has 0 aromatic carbocycles. The summed E-state index contributed by atoms with van der Waals surface area (Å²) in [6.07, 6.45) is 11.0. The lowest BCUT2D eigenvalue weighted by molar-refractivity contribution is -0.180. The molecule has 0 spiro atoms. The summed E-state index contributed by atoms with van der Waals surface area (Å²) in [7, 11) is 0. The van der Waals surface area contributed by atoms with Crippen molar-refractivity contribution >= 4 is 0 Å². The molecular weight excluding hydrogens is 212 g/mol. The first-order valence-electron chi connectivity index (χ1n) is 7.53. The molecule has 100 valence electrons. The quantitative estimate of drug-likeness (QED) is 0.693. The lowest BCUT2D eigenvalue weighted by Crippen LogP contribution is -2.40. The molecule has 17 heavy (non-hydrogen) atoms. The van der Waals surface area contributed by atoms with Gasteiger partial charge in [0.15, 0.2) is 0 Å². The molecular formula is C14H28N2O. The second-order valence-electron chi connectivity index (χ2n) is 5.43. The molecule has 0 aliphatic heterocycles. The molecule has 0 aromatic rings. The number of hydrogen-bond acceptors (Lipinski definition) is 3. The molecule has 0 radical (unpaired) electrons. The van der Waals surface area contributed by atoms with Crippen LogP contribution in [0.5, 0.6) is 0 Å². The Hall–Kier alpha value is -0.120. The van der Waals surface area contributed by atoms with Crippen molar-refractivity contribution in [1.82, 2.24) is 10.4 Å². The van der Waals surface area contributed by atoms with Gasteiger partial charge in [-0.25, -0.2) is 0 Å². The number of rotatable bonds is 7. The van der Waals surface area contributed by atoms with Crippen LogP contribution < -0.4 is 5.32 Å². The van der Waals surface area contributed by atoms with Crippen LogP contribution in [0.3, 0.4) is 0 Å². The van der Waals surface area contributed by atoms with E-state index >= 15 is 0 Å². The van der Waals surface area contributed by atoms with Crippen molar-refractivity contribution in [3.63, 3.8) is 0 Å².